The van der Waals surface area contributed by atoms with E-state index in [2.05, 4.69) is 0 Å². The second kappa shape index (κ2) is 21.8. The van der Waals surface area contributed by atoms with Gasteiger partial charge in [-0.3, -0.25) is 0 Å². The summed E-state index contributed by atoms with van der Waals surface area (Å²) in [6, 6.07) is 0. The van der Waals surface area contributed by atoms with E-state index in [1.807, 2.05) is 0 Å². The number of hydrogen-bond acceptors (Lipinski definition) is 1. The van der Waals surface area contributed by atoms with Crippen LogP contribution in [0.25, 0.3) is 0 Å². The standard InChI is InChI=1S/3Li.H3N.3H/h;;;1H3;;;. The fraction of sp³-hybridized carbons (Fsp3) is 0. The zero-order chi connectivity index (χ0) is 0. The van der Waals surface area contributed by atoms with Gasteiger partial charge >= 0.3 is 56.6 Å². The molecule has 4 heavy (non-hydrogen) atoms. The van der Waals surface area contributed by atoms with E-state index in [-0.39, 0.29) is 62.7 Å². The van der Waals surface area contributed by atoms with Gasteiger partial charge in [0.15, 0.2) is 0 Å². The van der Waals surface area contributed by atoms with E-state index in [1.54, 1.807) is 0 Å². The van der Waals surface area contributed by atoms with Crippen molar-refractivity contribution in [1.82, 2.24) is 6.15 Å². The molecule has 0 aliphatic heterocycles. The first kappa shape index (κ1) is 42.3. The fourth-order valence-corrected chi connectivity index (χ4v) is 0. The molecule has 0 heterocycles. The average molecular weight is 40.9 g/mol. The maximum atomic E-state index is 0. The molecular formula is H6Li3N. The van der Waals surface area contributed by atoms with Crippen molar-refractivity contribution in [2.75, 3.05) is 0 Å². The Morgan fingerprint density at radius 2 is 0.500 bits per heavy atom. The zero-order valence-corrected chi connectivity index (χ0v) is 0.707. The van der Waals surface area contributed by atoms with Gasteiger partial charge in [0.25, 0.3) is 0 Å². The summed E-state index contributed by atoms with van der Waals surface area (Å²) < 4.78 is 0. The molecule has 0 amide bonds. The van der Waals surface area contributed by atoms with Crippen LogP contribution < -0.4 is 6.15 Å². The topological polar surface area (TPSA) is 35.0 Å². The van der Waals surface area contributed by atoms with Gasteiger partial charge < -0.3 is 6.15 Å². The van der Waals surface area contributed by atoms with Crippen LogP contribution in [0.4, 0.5) is 0 Å². The second-order valence-electron chi connectivity index (χ2n) is 0. The van der Waals surface area contributed by atoms with Gasteiger partial charge in [-0.2, -0.15) is 0 Å². The Morgan fingerprint density at radius 3 is 0.500 bits per heavy atom. The number of rotatable bonds is 0. The monoisotopic (exact) mass is 41.1 g/mol. The van der Waals surface area contributed by atoms with Gasteiger partial charge in [0.05, 0.1) is 0 Å². The summed E-state index contributed by atoms with van der Waals surface area (Å²) in [7, 11) is 0. The normalized spacial score (nSPS) is 0. The molecule has 0 spiro atoms. The summed E-state index contributed by atoms with van der Waals surface area (Å²) in [4.78, 5) is 0. The molecule has 0 aliphatic rings. The second-order valence-corrected chi connectivity index (χ2v) is 0. The summed E-state index contributed by atoms with van der Waals surface area (Å²) in [5.74, 6) is 0. The van der Waals surface area contributed by atoms with E-state index < -0.39 is 0 Å². The predicted molar refractivity (Wildman–Crippen MR) is 26.5 cm³/mol. The van der Waals surface area contributed by atoms with Crippen LogP contribution >= 0.6 is 0 Å². The van der Waals surface area contributed by atoms with Gasteiger partial charge in [-0.1, -0.05) is 0 Å². The molecule has 0 saturated carbocycles. The van der Waals surface area contributed by atoms with Crippen molar-refractivity contribution in [2.24, 2.45) is 0 Å². The molecule has 1 nitrogen and oxygen atoms in total. The Bertz CT molecular complexity index is 3.25. The molecule has 0 aromatic heterocycles. The summed E-state index contributed by atoms with van der Waals surface area (Å²) in [6.07, 6.45) is 0. The van der Waals surface area contributed by atoms with E-state index in [4.69, 9.17) is 0 Å². The fourth-order valence-electron chi connectivity index (χ4n) is 0. The van der Waals surface area contributed by atoms with Crippen molar-refractivity contribution in [3.63, 3.8) is 0 Å². The first-order valence-corrected chi connectivity index (χ1v) is 0. The Morgan fingerprint density at radius 1 is 0.500 bits per heavy atom. The molecule has 4 heteroatoms. The van der Waals surface area contributed by atoms with Crippen LogP contribution in [0.3, 0.4) is 0 Å². The Hall–Kier alpha value is 1.75. The molecule has 0 radical (unpaired) electrons. The Labute approximate surface area is 62.4 Å². The third-order valence-corrected chi connectivity index (χ3v) is 0. The van der Waals surface area contributed by atoms with Gasteiger partial charge in [0.2, 0.25) is 0 Å². The Kier molecular flexibility index (Phi) is 231. The van der Waals surface area contributed by atoms with Gasteiger partial charge in [0, 0.05) is 0 Å². The van der Waals surface area contributed by atoms with Crippen LogP contribution in [0.2, 0.25) is 0 Å². The molecule has 0 bridgehead atoms. The molecule has 0 aliphatic carbocycles. The molecule has 0 atom stereocenters. The van der Waals surface area contributed by atoms with Gasteiger partial charge in [-0.15, -0.1) is 0 Å². The van der Waals surface area contributed by atoms with Gasteiger partial charge in [-0.25, -0.2) is 0 Å². The van der Waals surface area contributed by atoms with E-state index >= 15 is 0 Å². The SMILES string of the molecule is N.[LiH].[LiH].[LiH]. The van der Waals surface area contributed by atoms with Gasteiger partial charge in [-0.05, 0) is 0 Å². The maximum absolute atomic E-state index is 0. The van der Waals surface area contributed by atoms with Crippen molar-refractivity contribution in [3.05, 3.63) is 0 Å². The molecule has 0 rings (SSSR count). The molecule has 3 N–H and O–H groups in total. The van der Waals surface area contributed by atoms with Crippen LogP contribution in [0.5, 0.6) is 0 Å². The van der Waals surface area contributed by atoms with E-state index in [0.717, 1.165) is 0 Å². The summed E-state index contributed by atoms with van der Waals surface area (Å²) in [5.41, 5.74) is 0. The molecule has 0 aromatic carbocycles. The molecule has 0 unspecified atom stereocenters. The summed E-state index contributed by atoms with van der Waals surface area (Å²) >= 11 is 0. The van der Waals surface area contributed by atoms with Gasteiger partial charge in [0.1, 0.15) is 0 Å². The predicted octanol–water partition coefficient (Wildman–Crippen LogP) is -1.78. The van der Waals surface area contributed by atoms with E-state index in [1.165, 1.54) is 0 Å². The molecule has 0 saturated heterocycles. The minimum atomic E-state index is 0. The van der Waals surface area contributed by atoms with Crippen LogP contribution in [0.1, 0.15) is 0 Å². The molecular weight excluding hydrogens is 34.8 g/mol. The summed E-state index contributed by atoms with van der Waals surface area (Å²) in [5, 5.41) is 0. The number of hydrogen-bond donors (Lipinski definition) is 1. The minimum absolute atomic E-state index is 0. The van der Waals surface area contributed by atoms with Crippen molar-refractivity contribution in [1.29, 1.82) is 0 Å². The first-order chi connectivity index (χ1) is 0. The molecule has 0 aromatic rings. The van der Waals surface area contributed by atoms with E-state index in [0.29, 0.717) is 0 Å². The quantitative estimate of drug-likeness (QED) is 0.319. The molecule has 0 fully saturated rings. The first-order valence-electron chi connectivity index (χ1n) is 0. The van der Waals surface area contributed by atoms with E-state index in [9.17, 15) is 0 Å². The average Bonchev–Trinajstić information content (AvgIpc) is 0. The van der Waals surface area contributed by atoms with Crippen molar-refractivity contribution >= 4 is 56.6 Å². The third-order valence-electron chi connectivity index (χ3n) is 0. The van der Waals surface area contributed by atoms with Crippen LogP contribution in [-0.2, 0) is 0 Å². The Balaban J connectivity index is 0. The van der Waals surface area contributed by atoms with Crippen LogP contribution in [0, 0.1) is 0 Å². The van der Waals surface area contributed by atoms with Crippen LogP contribution in [0.15, 0.2) is 0 Å². The molecule has 14 valence electrons. The van der Waals surface area contributed by atoms with Crippen molar-refractivity contribution in [3.8, 4) is 0 Å². The van der Waals surface area contributed by atoms with Crippen molar-refractivity contribution in [2.45, 2.75) is 0 Å². The zero-order valence-electron chi connectivity index (χ0n) is 0.707. The third kappa shape index (κ3) is 9.26. The van der Waals surface area contributed by atoms with Crippen LogP contribution in [-0.4, -0.2) is 56.6 Å². The summed E-state index contributed by atoms with van der Waals surface area (Å²) in [6.45, 7) is 0. The van der Waals surface area contributed by atoms with Crippen molar-refractivity contribution < 1.29 is 0 Å².